The quantitative estimate of drug-likeness (QED) is 0.587. The van der Waals surface area contributed by atoms with Crippen molar-refractivity contribution in [3.8, 4) is 0 Å². The minimum atomic E-state index is -0.613. The Bertz CT molecular complexity index is 1020. The number of carbonyl (C=O) groups excluding carboxylic acids is 2. The number of anilines is 1. The van der Waals surface area contributed by atoms with E-state index in [2.05, 4.69) is 31.2 Å². The summed E-state index contributed by atoms with van der Waals surface area (Å²) in [5.41, 5.74) is 10.1. The van der Waals surface area contributed by atoms with Gasteiger partial charge in [0, 0.05) is 53.2 Å². The second kappa shape index (κ2) is 9.67. The molecule has 30 heavy (non-hydrogen) atoms. The van der Waals surface area contributed by atoms with Crippen LogP contribution in [0.1, 0.15) is 23.4 Å². The Labute approximate surface area is 184 Å². The van der Waals surface area contributed by atoms with Crippen LogP contribution in [0.2, 0.25) is 0 Å². The first kappa shape index (κ1) is 21.7. The van der Waals surface area contributed by atoms with Gasteiger partial charge in [-0.25, -0.2) is 10.3 Å². The maximum absolute atomic E-state index is 12.8. The van der Waals surface area contributed by atoms with Crippen molar-refractivity contribution in [3.63, 3.8) is 0 Å². The Balaban J connectivity index is 1.64. The van der Waals surface area contributed by atoms with Gasteiger partial charge in [-0.2, -0.15) is 4.79 Å². The van der Waals surface area contributed by atoms with Gasteiger partial charge in [-0.1, -0.05) is 28.1 Å². The van der Waals surface area contributed by atoms with Crippen LogP contribution in [0, 0.1) is 6.92 Å². The predicted octanol–water partition coefficient (Wildman–Crippen LogP) is 1.38. The van der Waals surface area contributed by atoms with Crippen molar-refractivity contribution in [2.24, 2.45) is 5.73 Å². The number of hydrogen-bond donors (Lipinski definition) is 3. The van der Waals surface area contributed by atoms with Crippen LogP contribution in [0.3, 0.4) is 0 Å². The van der Waals surface area contributed by atoms with Gasteiger partial charge in [0.1, 0.15) is 0 Å². The molecule has 8 heteroatoms. The van der Waals surface area contributed by atoms with Crippen LogP contribution in [-0.4, -0.2) is 36.2 Å². The first-order valence-corrected chi connectivity index (χ1v) is 10.5. The van der Waals surface area contributed by atoms with Crippen molar-refractivity contribution in [2.75, 3.05) is 11.9 Å². The first-order chi connectivity index (χ1) is 14.4. The number of allylic oxidation sites excluding steroid dienone is 1. The number of nitrogens with one attached hydrogen (secondary N) is 2. The Morgan fingerprint density at radius 3 is 2.93 bits per heavy atom. The van der Waals surface area contributed by atoms with Crippen LogP contribution in [0.5, 0.6) is 0 Å². The fourth-order valence-electron chi connectivity index (χ4n) is 3.39. The van der Waals surface area contributed by atoms with E-state index in [1.54, 1.807) is 11.9 Å². The fraction of sp³-hybridized carbons (Fsp3) is 0.273. The molecule has 1 aliphatic heterocycles. The molecule has 3 rings (SSSR count). The summed E-state index contributed by atoms with van der Waals surface area (Å²) in [6.45, 7) is 1.92. The van der Waals surface area contributed by atoms with Crippen molar-refractivity contribution < 1.29 is 14.6 Å². The van der Waals surface area contributed by atoms with E-state index < -0.39 is 12.1 Å². The zero-order valence-electron chi connectivity index (χ0n) is 17.0. The van der Waals surface area contributed by atoms with Crippen molar-refractivity contribution in [1.29, 1.82) is 0 Å². The lowest BCUT2D eigenvalue weighted by molar-refractivity contribution is -0.338. The maximum Gasteiger partial charge on any atom is 0.489 e. The van der Waals surface area contributed by atoms with E-state index in [4.69, 9.17) is 5.73 Å². The summed E-state index contributed by atoms with van der Waals surface area (Å²) < 4.78 is 0.906. The predicted molar refractivity (Wildman–Crippen MR) is 120 cm³/mol. The molecule has 0 saturated carbocycles. The topological polar surface area (TPSA) is 102 Å². The number of benzene rings is 1. The maximum atomic E-state index is 12.8. The standard InChI is InChI=1S/C22H24BrN5O2/c1-14-4-3-5-18(26-14)10-15(12-24)13-25-22(30)27-19-9-7-16-6-8-17(23)11-20(16)28(2)21(19)29/h3-6,8,11-13,19H,7,9-10,24H2,1-2H3,(H,27,30)/p+1/b15-12-,25-13+. The SMILES string of the molecule is Cc1cccc(CC(=C/N)/C=[NH+]/C(=O)NC2CCc3ccc(Br)cc3N(C)C2=O)n1. The van der Waals surface area contributed by atoms with Crippen molar-refractivity contribution in [1.82, 2.24) is 10.3 Å². The third kappa shape index (κ3) is 5.33. The molecule has 1 unspecified atom stereocenters. The zero-order valence-corrected chi connectivity index (χ0v) is 18.6. The molecule has 1 aromatic carbocycles. The highest BCUT2D eigenvalue weighted by Crippen LogP contribution is 2.29. The minimum Gasteiger partial charge on any atom is -0.404 e. The monoisotopic (exact) mass is 470 g/mol. The Morgan fingerprint density at radius 2 is 2.20 bits per heavy atom. The fourth-order valence-corrected chi connectivity index (χ4v) is 3.74. The van der Waals surface area contributed by atoms with E-state index in [0.29, 0.717) is 24.8 Å². The van der Waals surface area contributed by atoms with Gasteiger partial charge in [-0.05, 0) is 43.2 Å². The third-order valence-electron chi connectivity index (χ3n) is 4.98. The summed E-state index contributed by atoms with van der Waals surface area (Å²) >= 11 is 3.45. The van der Waals surface area contributed by atoms with Crippen LogP contribution >= 0.6 is 15.9 Å². The smallest absolute Gasteiger partial charge is 0.404 e. The first-order valence-electron chi connectivity index (χ1n) is 9.67. The highest BCUT2D eigenvalue weighted by Gasteiger charge is 2.32. The number of halogens is 1. The number of carbonyl (C=O) groups is 2. The number of fused-ring (bicyclic) bond motifs is 1. The lowest BCUT2D eigenvalue weighted by atomic mass is 10.1. The summed E-state index contributed by atoms with van der Waals surface area (Å²) in [4.78, 5) is 34.0. The number of nitrogens with zero attached hydrogens (tertiary/aromatic N) is 2. The number of pyridine rings is 1. The highest BCUT2D eigenvalue weighted by atomic mass is 79.9. The number of urea groups is 1. The Kier molecular flexibility index (Phi) is 6.99. The van der Waals surface area contributed by atoms with Crippen LogP contribution in [0.4, 0.5) is 10.5 Å². The molecule has 0 spiro atoms. The van der Waals surface area contributed by atoms with Crippen molar-refractivity contribution in [2.45, 2.75) is 32.2 Å². The second-order valence-corrected chi connectivity index (χ2v) is 8.13. The second-order valence-electron chi connectivity index (χ2n) is 7.21. The van der Waals surface area contributed by atoms with Crippen molar-refractivity contribution >= 4 is 39.8 Å². The van der Waals surface area contributed by atoms with E-state index in [-0.39, 0.29) is 5.91 Å². The number of hydrogen-bond acceptors (Lipinski definition) is 4. The molecule has 2 aromatic rings. The van der Waals surface area contributed by atoms with Crippen LogP contribution < -0.4 is 20.9 Å². The molecular weight excluding hydrogens is 446 g/mol. The summed E-state index contributed by atoms with van der Waals surface area (Å²) in [6, 6.07) is 10.6. The van der Waals surface area contributed by atoms with Crippen LogP contribution in [0.15, 0.2) is 52.6 Å². The molecule has 1 aliphatic rings. The molecule has 3 amide bonds. The van der Waals surface area contributed by atoms with E-state index in [1.165, 1.54) is 12.4 Å². The molecule has 1 aromatic heterocycles. The number of amides is 3. The summed E-state index contributed by atoms with van der Waals surface area (Å²) in [5.74, 6) is -0.152. The van der Waals surface area contributed by atoms with Gasteiger partial charge in [0.05, 0.1) is 6.21 Å². The Hall–Kier alpha value is -3.00. The number of likely N-dealkylation sites (N-methyl/N-ethyl adjacent to an activating group) is 1. The van der Waals surface area contributed by atoms with E-state index >= 15 is 0 Å². The summed E-state index contributed by atoms with van der Waals surface area (Å²) in [7, 11) is 1.72. The van der Waals surface area contributed by atoms with Gasteiger partial charge in [0.2, 0.25) is 0 Å². The zero-order chi connectivity index (χ0) is 21.7. The molecule has 2 heterocycles. The molecule has 0 bridgehead atoms. The third-order valence-corrected chi connectivity index (χ3v) is 5.47. The largest absolute Gasteiger partial charge is 0.489 e. The van der Waals surface area contributed by atoms with Gasteiger partial charge < -0.3 is 10.6 Å². The normalized spacial score (nSPS) is 17.0. The summed E-state index contributed by atoms with van der Waals surface area (Å²) in [6.07, 6.45) is 4.69. The van der Waals surface area contributed by atoms with E-state index in [9.17, 15) is 9.59 Å². The molecule has 0 radical (unpaired) electrons. The summed E-state index contributed by atoms with van der Waals surface area (Å²) in [5, 5.41) is 2.77. The molecule has 0 aliphatic carbocycles. The average Bonchev–Trinajstić information content (AvgIpc) is 2.83. The lowest BCUT2D eigenvalue weighted by Gasteiger charge is -2.19. The van der Waals surface area contributed by atoms with Gasteiger partial charge in [0.15, 0.2) is 6.04 Å². The number of aryl methyl sites for hydroxylation is 2. The molecule has 156 valence electrons. The van der Waals surface area contributed by atoms with E-state index in [1.807, 2.05) is 43.3 Å². The van der Waals surface area contributed by atoms with Crippen LogP contribution in [0.25, 0.3) is 0 Å². The van der Waals surface area contributed by atoms with E-state index in [0.717, 1.165) is 27.1 Å². The van der Waals surface area contributed by atoms with Crippen LogP contribution in [-0.2, 0) is 17.6 Å². The average molecular weight is 471 g/mol. The van der Waals surface area contributed by atoms with Gasteiger partial charge >= 0.3 is 6.03 Å². The molecule has 0 fully saturated rings. The molecule has 4 N–H and O–H groups in total. The molecule has 1 atom stereocenters. The number of nitrogens with two attached hydrogens (primary N) is 1. The highest BCUT2D eigenvalue weighted by molar-refractivity contribution is 9.10. The van der Waals surface area contributed by atoms with Gasteiger partial charge in [0.25, 0.3) is 5.91 Å². The van der Waals surface area contributed by atoms with Crippen molar-refractivity contribution in [3.05, 3.63) is 69.6 Å². The molecular formula is C22H25BrN5O2+. The Morgan fingerprint density at radius 1 is 1.40 bits per heavy atom. The number of aromatic nitrogens is 1. The van der Waals surface area contributed by atoms with Gasteiger partial charge in [-0.15, -0.1) is 0 Å². The lowest BCUT2D eigenvalue weighted by Crippen LogP contribution is -2.79. The molecule has 0 saturated heterocycles. The molecule has 7 nitrogen and oxygen atoms in total. The minimum absolute atomic E-state index is 0.152. The van der Waals surface area contributed by atoms with Gasteiger partial charge in [-0.3, -0.25) is 9.78 Å². The number of rotatable bonds is 4.